The summed E-state index contributed by atoms with van der Waals surface area (Å²) in [5.74, 6) is 0.153. The predicted octanol–water partition coefficient (Wildman–Crippen LogP) is 1.92. The van der Waals surface area contributed by atoms with Crippen molar-refractivity contribution in [3.63, 3.8) is 0 Å². The van der Waals surface area contributed by atoms with E-state index >= 15 is 0 Å². The fraction of sp³-hybridized carbons (Fsp3) is 0.571. The average Bonchev–Trinajstić information content (AvgIpc) is 3.10. The molecule has 2 atom stereocenters. The molecule has 1 aromatic rings. The number of carbonyl (C=O) groups excluding carboxylic acids is 1. The molecule has 3 heterocycles. The van der Waals surface area contributed by atoms with Gasteiger partial charge in [-0.1, -0.05) is 6.07 Å². The molecule has 0 aliphatic carbocycles. The lowest BCUT2D eigenvalue weighted by atomic mass is 10.1. The van der Waals surface area contributed by atoms with E-state index in [0.29, 0.717) is 0 Å². The van der Waals surface area contributed by atoms with Crippen molar-refractivity contribution in [3.8, 4) is 0 Å². The number of rotatable bonds is 2. The van der Waals surface area contributed by atoms with Crippen LogP contribution in [-0.2, 0) is 9.53 Å². The molecule has 2 fully saturated rings. The van der Waals surface area contributed by atoms with Gasteiger partial charge >= 0.3 is 0 Å². The molecule has 2 saturated heterocycles. The number of hydrogen-bond donors (Lipinski definition) is 0. The molecule has 0 radical (unpaired) electrons. The molecule has 0 spiro atoms. The van der Waals surface area contributed by atoms with Crippen LogP contribution in [0.5, 0.6) is 0 Å². The van der Waals surface area contributed by atoms with E-state index in [1.807, 2.05) is 23.1 Å². The number of pyridine rings is 1. The second-order valence-electron chi connectivity index (χ2n) is 4.95. The van der Waals surface area contributed by atoms with Crippen molar-refractivity contribution in [1.29, 1.82) is 0 Å². The minimum atomic E-state index is -0.214. The zero-order chi connectivity index (χ0) is 12.4. The van der Waals surface area contributed by atoms with E-state index in [2.05, 4.69) is 4.98 Å². The van der Waals surface area contributed by atoms with Crippen molar-refractivity contribution >= 4 is 5.91 Å². The molecule has 1 aromatic heterocycles. The van der Waals surface area contributed by atoms with Crippen molar-refractivity contribution in [2.24, 2.45) is 0 Å². The summed E-state index contributed by atoms with van der Waals surface area (Å²) in [6.45, 7) is 1.55. The van der Waals surface area contributed by atoms with Gasteiger partial charge in [-0.05, 0) is 37.8 Å². The van der Waals surface area contributed by atoms with Crippen LogP contribution in [0.3, 0.4) is 0 Å². The number of aromatic nitrogens is 1. The summed E-state index contributed by atoms with van der Waals surface area (Å²) in [6, 6.07) is 6.04. The fourth-order valence-electron chi connectivity index (χ4n) is 2.87. The maximum atomic E-state index is 12.4. The highest BCUT2D eigenvalue weighted by Gasteiger charge is 2.36. The first-order valence-corrected chi connectivity index (χ1v) is 6.69. The lowest BCUT2D eigenvalue weighted by molar-refractivity contribution is -0.142. The molecular formula is C14H18N2O2. The zero-order valence-electron chi connectivity index (χ0n) is 10.4. The maximum Gasteiger partial charge on any atom is 0.252 e. The second kappa shape index (κ2) is 5.06. The summed E-state index contributed by atoms with van der Waals surface area (Å²) >= 11 is 0. The van der Waals surface area contributed by atoms with Gasteiger partial charge in [0.2, 0.25) is 0 Å². The number of hydrogen-bond acceptors (Lipinski definition) is 3. The summed E-state index contributed by atoms with van der Waals surface area (Å²) < 4.78 is 5.50. The third-order valence-electron chi connectivity index (χ3n) is 3.77. The van der Waals surface area contributed by atoms with E-state index in [-0.39, 0.29) is 18.1 Å². The summed E-state index contributed by atoms with van der Waals surface area (Å²) in [4.78, 5) is 18.7. The molecular weight excluding hydrogens is 228 g/mol. The lowest BCUT2D eigenvalue weighted by Gasteiger charge is -2.26. The Labute approximate surface area is 107 Å². The van der Waals surface area contributed by atoms with Crippen molar-refractivity contribution in [2.75, 3.05) is 13.2 Å². The van der Waals surface area contributed by atoms with Crippen LogP contribution in [0.2, 0.25) is 0 Å². The van der Waals surface area contributed by atoms with Gasteiger partial charge in [0.05, 0.1) is 11.7 Å². The highest BCUT2D eigenvalue weighted by Crippen LogP contribution is 2.32. The predicted molar refractivity (Wildman–Crippen MR) is 66.9 cm³/mol. The van der Waals surface area contributed by atoms with Gasteiger partial charge in [0, 0.05) is 19.3 Å². The standard InChI is InChI=1S/C14H18N2O2/c17-14(13-7-4-10-18-13)16-9-3-6-12(16)11-5-1-2-8-15-11/h1-2,5,8,12-13H,3-4,6-7,9-10H2. The Morgan fingerprint density at radius 3 is 3.00 bits per heavy atom. The van der Waals surface area contributed by atoms with Crippen molar-refractivity contribution in [1.82, 2.24) is 9.88 Å². The molecule has 0 aromatic carbocycles. The van der Waals surface area contributed by atoms with Gasteiger partial charge < -0.3 is 9.64 Å². The van der Waals surface area contributed by atoms with E-state index in [1.165, 1.54) is 0 Å². The monoisotopic (exact) mass is 246 g/mol. The molecule has 0 bridgehead atoms. The minimum Gasteiger partial charge on any atom is -0.368 e. The van der Waals surface area contributed by atoms with E-state index < -0.39 is 0 Å². The fourth-order valence-corrected chi connectivity index (χ4v) is 2.87. The largest absolute Gasteiger partial charge is 0.368 e. The summed E-state index contributed by atoms with van der Waals surface area (Å²) in [6.07, 6.45) is 5.51. The lowest BCUT2D eigenvalue weighted by Crippen LogP contribution is -2.38. The Hall–Kier alpha value is -1.42. The number of nitrogens with zero attached hydrogens (tertiary/aromatic N) is 2. The van der Waals surface area contributed by atoms with Crippen LogP contribution in [0.4, 0.5) is 0 Å². The Bertz CT molecular complexity index is 415. The van der Waals surface area contributed by atoms with Crippen LogP contribution in [0, 0.1) is 0 Å². The highest BCUT2D eigenvalue weighted by atomic mass is 16.5. The SMILES string of the molecule is O=C(C1CCCO1)N1CCCC1c1ccccn1. The van der Waals surface area contributed by atoms with Gasteiger partial charge in [0.1, 0.15) is 6.10 Å². The van der Waals surface area contributed by atoms with Crippen LogP contribution in [0.25, 0.3) is 0 Å². The van der Waals surface area contributed by atoms with Gasteiger partial charge in [-0.15, -0.1) is 0 Å². The molecule has 0 saturated carbocycles. The van der Waals surface area contributed by atoms with Crippen molar-refractivity contribution in [2.45, 2.75) is 37.8 Å². The van der Waals surface area contributed by atoms with Gasteiger partial charge in [0.25, 0.3) is 5.91 Å². The van der Waals surface area contributed by atoms with Gasteiger partial charge in [-0.2, -0.15) is 0 Å². The first-order valence-electron chi connectivity index (χ1n) is 6.69. The Kier molecular flexibility index (Phi) is 3.28. The van der Waals surface area contributed by atoms with Crippen LogP contribution in [0.15, 0.2) is 24.4 Å². The molecule has 1 amide bonds. The molecule has 2 aliphatic rings. The molecule has 96 valence electrons. The van der Waals surface area contributed by atoms with Crippen molar-refractivity contribution in [3.05, 3.63) is 30.1 Å². The molecule has 0 N–H and O–H groups in total. The van der Waals surface area contributed by atoms with Gasteiger partial charge in [-0.3, -0.25) is 9.78 Å². The molecule has 2 aliphatic heterocycles. The third kappa shape index (κ3) is 2.12. The third-order valence-corrected chi connectivity index (χ3v) is 3.77. The van der Waals surface area contributed by atoms with E-state index in [0.717, 1.165) is 44.5 Å². The van der Waals surface area contributed by atoms with E-state index in [4.69, 9.17) is 4.74 Å². The highest BCUT2D eigenvalue weighted by molar-refractivity contribution is 5.81. The van der Waals surface area contributed by atoms with Gasteiger partial charge in [-0.25, -0.2) is 0 Å². The maximum absolute atomic E-state index is 12.4. The first kappa shape index (κ1) is 11.7. The topological polar surface area (TPSA) is 42.4 Å². The van der Waals surface area contributed by atoms with E-state index in [9.17, 15) is 4.79 Å². The summed E-state index contributed by atoms with van der Waals surface area (Å²) in [5.41, 5.74) is 1.00. The van der Waals surface area contributed by atoms with Gasteiger partial charge in [0.15, 0.2) is 0 Å². The van der Waals surface area contributed by atoms with Crippen LogP contribution < -0.4 is 0 Å². The molecule has 4 heteroatoms. The van der Waals surface area contributed by atoms with Crippen LogP contribution >= 0.6 is 0 Å². The minimum absolute atomic E-state index is 0.142. The van der Waals surface area contributed by atoms with Crippen LogP contribution in [-0.4, -0.2) is 35.0 Å². The van der Waals surface area contributed by atoms with Crippen molar-refractivity contribution < 1.29 is 9.53 Å². The number of likely N-dealkylation sites (tertiary alicyclic amines) is 1. The molecule has 3 rings (SSSR count). The summed E-state index contributed by atoms with van der Waals surface area (Å²) in [5, 5.41) is 0. The zero-order valence-corrected chi connectivity index (χ0v) is 10.4. The number of amides is 1. The number of carbonyl (C=O) groups is 1. The quantitative estimate of drug-likeness (QED) is 0.800. The summed E-state index contributed by atoms with van der Waals surface area (Å²) in [7, 11) is 0. The molecule has 4 nitrogen and oxygen atoms in total. The normalized spacial score (nSPS) is 27.7. The molecule has 18 heavy (non-hydrogen) atoms. The molecule has 2 unspecified atom stereocenters. The van der Waals surface area contributed by atoms with Crippen LogP contribution in [0.1, 0.15) is 37.4 Å². The number of ether oxygens (including phenoxy) is 1. The smallest absolute Gasteiger partial charge is 0.252 e. The Morgan fingerprint density at radius 2 is 2.28 bits per heavy atom. The second-order valence-corrected chi connectivity index (χ2v) is 4.95. The Balaban J connectivity index is 1.77. The first-order chi connectivity index (χ1) is 8.86. The Morgan fingerprint density at radius 1 is 1.33 bits per heavy atom. The van der Waals surface area contributed by atoms with E-state index in [1.54, 1.807) is 6.20 Å². The average molecular weight is 246 g/mol.